The first-order valence-corrected chi connectivity index (χ1v) is 11.2. The van der Waals surface area contributed by atoms with Gasteiger partial charge in [0.15, 0.2) is 0 Å². The van der Waals surface area contributed by atoms with Crippen molar-refractivity contribution in [2.75, 3.05) is 26.3 Å². The molecule has 0 spiro atoms. The van der Waals surface area contributed by atoms with Crippen molar-refractivity contribution in [3.8, 4) is 0 Å². The first kappa shape index (κ1) is 20.3. The Morgan fingerprint density at radius 2 is 1.89 bits per heavy atom. The van der Waals surface area contributed by atoms with Crippen LogP contribution >= 0.6 is 0 Å². The lowest BCUT2D eigenvalue weighted by Crippen LogP contribution is -2.44. The number of nitrogens with zero attached hydrogens (tertiary/aromatic N) is 1. The number of carbonyl (C=O) groups is 1. The molecular weight excluding hydrogens is 364 g/mol. The first-order chi connectivity index (χ1) is 12.8. The number of ether oxygens (including phenoxy) is 1. The number of carbonyl (C=O) groups excluding carboxylic acids is 1. The molecule has 1 saturated heterocycles. The van der Waals surface area contributed by atoms with Crippen molar-refractivity contribution in [2.45, 2.75) is 51.0 Å². The third-order valence-electron chi connectivity index (χ3n) is 6.06. The Morgan fingerprint density at radius 3 is 2.59 bits per heavy atom. The van der Waals surface area contributed by atoms with Gasteiger partial charge >= 0.3 is 0 Å². The van der Waals surface area contributed by atoms with E-state index in [4.69, 9.17) is 4.74 Å². The number of amides is 1. The van der Waals surface area contributed by atoms with E-state index >= 15 is 0 Å². The highest BCUT2D eigenvalue weighted by molar-refractivity contribution is 7.89. The van der Waals surface area contributed by atoms with Gasteiger partial charge in [-0.3, -0.25) is 4.79 Å². The van der Waals surface area contributed by atoms with Crippen molar-refractivity contribution < 1.29 is 17.9 Å². The van der Waals surface area contributed by atoms with Crippen LogP contribution in [-0.2, 0) is 14.8 Å². The van der Waals surface area contributed by atoms with Crippen LogP contribution in [-0.4, -0.2) is 51.0 Å². The molecule has 2 aliphatic rings. The third kappa shape index (κ3) is 4.36. The van der Waals surface area contributed by atoms with Crippen molar-refractivity contribution in [1.82, 2.24) is 9.62 Å². The minimum atomic E-state index is -3.63. The Balaban J connectivity index is 1.81. The Morgan fingerprint density at radius 1 is 1.19 bits per heavy atom. The minimum absolute atomic E-state index is 0.141. The SMILES string of the molecule is Cc1ccc(C(=O)N[C@@H]2CCC[C@H](C)[C@H]2C)cc1S(=O)(=O)N1CCOCC1. The van der Waals surface area contributed by atoms with E-state index in [1.807, 2.05) is 0 Å². The molecule has 150 valence electrons. The summed E-state index contributed by atoms with van der Waals surface area (Å²) in [5, 5.41) is 3.13. The predicted octanol–water partition coefficient (Wildman–Crippen LogP) is 2.57. The number of morpholine rings is 1. The second-order valence-corrected chi connectivity index (χ2v) is 9.75. The zero-order valence-corrected chi connectivity index (χ0v) is 17.2. The molecule has 1 heterocycles. The number of sulfonamides is 1. The Kier molecular flexibility index (Phi) is 6.23. The first-order valence-electron chi connectivity index (χ1n) is 9.80. The monoisotopic (exact) mass is 394 g/mol. The van der Waals surface area contributed by atoms with E-state index in [1.165, 1.54) is 16.8 Å². The van der Waals surface area contributed by atoms with Crippen LogP contribution in [0.15, 0.2) is 23.1 Å². The van der Waals surface area contributed by atoms with Crippen LogP contribution in [0, 0.1) is 18.8 Å². The highest BCUT2D eigenvalue weighted by atomic mass is 32.2. The number of hydrogen-bond donors (Lipinski definition) is 1. The molecular formula is C20H30N2O4S. The Bertz CT molecular complexity index is 787. The van der Waals surface area contributed by atoms with Gasteiger partial charge in [-0.15, -0.1) is 0 Å². The van der Waals surface area contributed by atoms with Crippen LogP contribution < -0.4 is 5.32 Å². The second-order valence-electron chi connectivity index (χ2n) is 7.84. The summed E-state index contributed by atoms with van der Waals surface area (Å²) >= 11 is 0. The highest BCUT2D eigenvalue weighted by Crippen LogP contribution is 2.30. The zero-order valence-electron chi connectivity index (χ0n) is 16.4. The second kappa shape index (κ2) is 8.29. The molecule has 6 nitrogen and oxygen atoms in total. The molecule has 0 radical (unpaired) electrons. The van der Waals surface area contributed by atoms with Gasteiger partial charge in [0.05, 0.1) is 18.1 Å². The number of benzene rings is 1. The van der Waals surface area contributed by atoms with Gasteiger partial charge in [0, 0.05) is 24.7 Å². The summed E-state index contributed by atoms with van der Waals surface area (Å²) in [5.74, 6) is 0.809. The van der Waals surface area contributed by atoms with Crippen LogP contribution in [0.2, 0.25) is 0 Å². The van der Waals surface area contributed by atoms with Crippen molar-refractivity contribution >= 4 is 15.9 Å². The lowest BCUT2D eigenvalue weighted by Gasteiger charge is -2.34. The van der Waals surface area contributed by atoms with Crippen LogP contribution in [0.4, 0.5) is 0 Å². The molecule has 1 aromatic carbocycles. The van der Waals surface area contributed by atoms with E-state index in [2.05, 4.69) is 19.2 Å². The van der Waals surface area contributed by atoms with Gasteiger partial charge in [0.1, 0.15) is 0 Å². The molecule has 1 aromatic rings. The predicted molar refractivity (Wildman–Crippen MR) is 104 cm³/mol. The van der Waals surface area contributed by atoms with E-state index in [1.54, 1.807) is 19.1 Å². The molecule has 3 atom stereocenters. The fourth-order valence-electron chi connectivity index (χ4n) is 3.98. The lowest BCUT2D eigenvalue weighted by molar-refractivity contribution is 0.0730. The smallest absolute Gasteiger partial charge is 0.251 e. The molecule has 0 bridgehead atoms. The standard InChI is InChI=1S/C20H30N2O4S/c1-14-5-4-6-18(16(14)3)21-20(23)17-8-7-15(2)19(13-17)27(24,25)22-9-11-26-12-10-22/h7-8,13-14,16,18H,4-6,9-12H2,1-3H3,(H,21,23)/t14-,16+,18+/m0/s1. The van der Waals surface area contributed by atoms with Crippen LogP contribution in [0.25, 0.3) is 0 Å². The van der Waals surface area contributed by atoms with E-state index in [0.29, 0.717) is 49.3 Å². The topological polar surface area (TPSA) is 75.7 Å². The van der Waals surface area contributed by atoms with Crippen LogP contribution in [0.1, 0.15) is 49.0 Å². The summed E-state index contributed by atoms with van der Waals surface area (Å²) in [6.45, 7) is 7.65. The quantitative estimate of drug-likeness (QED) is 0.852. The van der Waals surface area contributed by atoms with Crippen molar-refractivity contribution in [1.29, 1.82) is 0 Å². The van der Waals surface area contributed by atoms with Crippen molar-refractivity contribution in [3.05, 3.63) is 29.3 Å². The maximum Gasteiger partial charge on any atom is 0.251 e. The molecule has 7 heteroatoms. The van der Waals surface area contributed by atoms with Gasteiger partial charge in [-0.2, -0.15) is 4.31 Å². The molecule has 27 heavy (non-hydrogen) atoms. The molecule has 0 unspecified atom stereocenters. The van der Waals surface area contributed by atoms with Gasteiger partial charge in [0.2, 0.25) is 10.0 Å². The van der Waals surface area contributed by atoms with Gasteiger partial charge in [-0.1, -0.05) is 32.8 Å². The average molecular weight is 395 g/mol. The number of hydrogen-bond acceptors (Lipinski definition) is 4. The molecule has 1 aliphatic heterocycles. The molecule has 1 N–H and O–H groups in total. The van der Waals surface area contributed by atoms with Crippen molar-refractivity contribution in [2.24, 2.45) is 11.8 Å². The van der Waals surface area contributed by atoms with Crippen molar-refractivity contribution in [3.63, 3.8) is 0 Å². The fraction of sp³-hybridized carbons (Fsp3) is 0.650. The lowest BCUT2D eigenvalue weighted by atomic mass is 9.78. The molecule has 1 amide bonds. The van der Waals surface area contributed by atoms with E-state index in [9.17, 15) is 13.2 Å². The summed E-state index contributed by atoms with van der Waals surface area (Å²) < 4.78 is 32.7. The summed E-state index contributed by atoms with van der Waals surface area (Å²) in [5.41, 5.74) is 1.05. The van der Waals surface area contributed by atoms with Gasteiger partial charge < -0.3 is 10.1 Å². The number of nitrogens with one attached hydrogen (secondary N) is 1. The highest BCUT2D eigenvalue weighted by Gasteiger charge is 2.30. The van der Waals surface area contributed by atoms with Gasteiger partial charge in [-0.25, -0.2) is 8.42 Å². The normalized spacial score (nSPS) is 27.3. The van der Waals surface area contributed by atoms with Crippen LogP contribution in [0.5, 0.6) is 0 Å². The average Bonchev–Trinajstić information content (AvgIpc) is 2.66. The third-order valence-corrected chi connectivity index (χ3v) is 8.10. The van der Waals surface area contributed by atoms with Crippen LogP contribution in [0.3, 0.4) is 0 Å². The summed E-state index contributed by atoms with van der Waals surface area (Å²) in [4.78, 5) is 13.0. The van der Waals surface area contributed by atoms with E-state index in [0.717, 1.165) is 12.8 Å². The largest absolute Gasteiger partial charge is 0.379 e. The summed E-state index contributed by atoms with van der Waals surface area (Å²) in [6.07, 6.45) is 3.28. The summed E-state index contributed by atoms with van der Waals surface area (Å²) in [7, 11) is -3.63. The number of aryl methyl sites for hydroxylation is 1. The maximum absolute atomic E-state index is 13.0. The minimum Gasteiger partial charge on any atom is -0.379 e. The summed E-state index contributed by atoms with van der Waals surface area (Å²) in [6, 6.07) is 5.09. The maximum atomic E-state index is 13.0. The Hall–Kier alpha value is -1.44. The molecule has 1 saturated carbocycles. The van der Waals surface area contributed by atoms with Gasteiger partial charge in [0.25, 0.3) is 5.91 Å². The van der Waals surface area contributed by atoms with Gasteiger partial charge in [-0.05, 0) is 42.9 Å². The van der Waals surface area contributed by atoms with E-state index in [-0.39, 0.29) is 16.8 Å². The Labute approximate surface area is 162 Å². The number of rotatable bonds is 4. The molecule has 1 aliphatic carbocycles. The zero-order chi connectivity index (χ0) is 19.6. The van der Waals surface area contributed by atoms with E-state index < -0.39 is 10.0 Å². The molecule has 2 fully saturated rings. The molecule has 0 aromatic heterocycles. The fourth-order valence-corrected chi connectivity index (χ4v) is 5.64. The molecule has 3 rings (SSSR count).